The first-order valence-corrected chi connectivity index (χ1v) is 5.63. The summed E-state index contributed by atoms with van der Waals surface area (Å²) in [5.74, 6) is 0.0834. The number of amides is 1. The van der Waals surface area contributed by atoms with Gasteiger partial charge in [-0.1, -0.05) is 6.07 Å². The SMILES string of the molecule is O=C([O-])N1CCC(Nc2cccc(C(F)(F)F)n2)C1. The quantitative estimate of drug-likeness (QED) is 0.871. The first kappa shape index (κ1) is 13.4. The van der Waals surface area contributed by atoms with E-state index in [1.165, 1.54) is 12.1 Å². The third-order valence-corrected chi connectivity index (χ3v) is 2.84. The van der Waals surface area contributed by atoms with Crippen molar-refractivity contribution in [2.24, 2.45) is 0 Å². The third kappa shape index (κ3) is 3.27. The molecule has 1 amide bonds. The van der Waals surface area contributed by atoms with Crippen molar-refractivity contribution in [3.63, 3.8) is 0 Å². The van der Waals surface area contributed by atoms with Gasteiger partial charge in [-0.3, -0.25) is 0 Å². The first-order chi connectivity index (χ1) is 8.86. The molecule has 1 aromatic heterocycles. The third-order valence-electron chi connectivity index (χ3n) is 2.84. The van der Waals surface area contributed by atoms with Gasteiger partial charge in [-0.05, 0) is 18.6 Å². The van der Waals surface area contributed by atoms with E-state index in [-0.39, 0.29) is 18.4 Å². The molecule has 0 bridgehead atoms. The van der Waals surface area contributed by atoms with Crippen molar-refractivity contribution in [1.29, 1.82) is 0 Å². The lowest BCUT2D eigenvalue weighted by atomic mass is 10.2. The summed E-state index contributed by atoms with van der Waals surface area (Å²) in [7, 11) is 0. The van der Waals surface area contributed by atoms with Crippen molar-refractivity contribution >= 4 is 11.9 Å². The summed E-state index contributed by atoms with van der Waals surface area (Å²) in [5, 5.41) is 13.4. The smallest absolute Gasteiger partial charge is 0.433 e. The minimum absolute atomic E-state index is 0.0834. The Balaban J connectivity index is 2.03. The molecule has 1 unspecified atom stereocenters. The van der Waals surface area contributed by atoms with Crippen molar-refractivity contribution in [2.45, 2.75) is 18.6 Å². The molecule has 0 saturated carbocycles. The second-order valence-electron chi connectivity index (χ2n) is 4.25. The zero-order chi connectivity index (χ0) is 14.0. The van der Waals surface area contributed by atoms with Crippen LogP contribution in [-0.4, -0.2) is 35.1 Å². The molecule has 5 nitrogen and oxygen atoms in total. The molecule has 104 valence electrons. The van der Waals surface area contributed by atoms with Gasteiger partial charge >= 0.3 is 6.18 Å². The Hall–Kier alpha value is -1.99. The molecule has 1 aliphatic heterocycles. The van der Waals surface area contributed by atoms with Gasteiger partial charge in [0.1, 0.15) is 17.6 Å². The molecule has 0 aliphatic carbocycles. The van der Waals surface area contributed by atoms with E-state index in [4.69, 9.17) is 0 Å². The first-order valence-electron chi connectivity index (χ1n) is 5.63. The highest BCUT2D eigenvalue weighted by Crippen LogP contribution is 2.28. The number of likely N-dealkylation sites (tertiary alicyclic amines) is 1. The molecule has 8 heteroatoms. The van der Waals surface area contributed by atoms with Crippen LogP contribution in [0.3, 0.4) is 0 Å². The number of halogens is 3. The fourth-order valence-corrected chi connectivity index (χ4v) is 1.93. The van der Waals surface area contributed by atoms with Crippen molar-refractivity contribution in [3.05, 3.63) is 23.9 Å². The van der Waals surface area contributed by atoms with Crippen molar-refractivity contribution in [2.75, 3.05) is 18.4 Å². The number of pyridine rings is 1. The summed E-state index contributed by atoms with van der Waals surface area (Å²) in [5.41, 5.74) is -0.979. The molecule has 1 aromatic rings. The molecule has 0 radical (unpaired) electrons. The van der Waals surface area contributed by atoms with E-state index < -0.39 is 18.0 Å². The van der Waals surface area contributed by atoms with E-state index in [0.717, 1.165) is 11.0 Å². The van der Waals surface area contributed by atoms with E-state index >= 15 is 0 Å². The average Bonchev–Trinajstić information content (AvgIpc) is 2.77. The number of nitrogens with zero attached hydrogens (tertiary/aromatic N) is 2. The number of hydrogen-bond donors (Lipinski definition) is 1. The van der Waals surface area contributed by atoms with Gasteiger partial charge in [0.25, 0.3) is 0 Å². The normalized spacial score (nSPS) is 19.5. The summed E-state index contributed by atoms with van der Waals surface area (Å²) < 4.78 is 37.4. The molecular formula is C11H11F3N3O2-. The number of aromatic nitrogens is 1. The predicted octanol–water partition coefficient (Wildman–Crippen LogP) is 0.930. The summed E-state index contributed by atoms with van der Waals surface area (Å²) in [6, 6.07) is 3.29. The Morgan fingerprint density at radius 2 is 2.21 bits per heavy atom. The topological polar surface area (TPSA) is 68.3 Å². The number of carbonyl (C=O) groups excluding carboxylic acids is 1. The molecule has 1 N–H and O–H groups in total. The Labute approximate surface area is 107 Å². The molecule has 0 spiro atoms. The van der Waals surface area contributed by atoms with Crippen LogP contribution in [0.4, 0.5) is 23.8 Å². The largest absolute Gasteiger partial charge is 0.530 e. The molecule has 0 aromatic carbocycles. The van der Waals surface area contributed by atoms with Gasteiger partial charge in [-0.2, -0.15) is 13.2 Å². The van der Waals surface area contributed by atoms with Crippen molar-refractivity contribution in [3.8, 4) is 0 Å². The van der Waals surface area contributed by atoms with Gasteiger partial charge < -0.3 is 20.1 Å². The summed E-state index contributed by atoms with van der Waals surface area (Å²) >= 11 is 0. The van der Waals surface area contributed by atoms with Crippen LogP contribution in [0.25, 0.3) is 0 Å². The Morgan fingerprint density at radius 1 is 1.47 bits per heavy atom. The molecule has 1 atom stereocenters. The lowest BCUT2D eigenvalue weighted by molar-refractivity contribution is -0.264. The lowest BCUT2D eigenvalue weighted by Gasteiger charge is -2.19. The van der Waals surface area contributed by atoms with Crippen molar-refractivity contribution < 1.29 is 23.1 Å². The van der Waals surface area contributed by atoms with Crippen LogP contribution < -0.4 is 10.4 Å². The molecule has 19 heavy (non-hydrogen) atoms. The summed E-state index contributed by atoms with van der Waals surface area (Å²) in [4.78, 5) is 15.2. The van der Waals surface area contributed by atoms with Gasteiger partial charge in [0.2, 0.25) is 0 Å². The van der Waals surface area contributed by atoms with Crippen LogP contribution in [-0.2, 0) is 6.18 Å². The zero-order valence-corrected chi connectivity index (χ0v) is 9.78. The average molecular weight is 274 g/mol. The van der Waals surface area contributed by atoms with Crippen LogP contribution in [0, 0.1) is 0 Å². The van der Waals surface area contributed by atoms with Crippen molar-refractivity contribution in [1.82, 2.24) is 9.88 Å². The fourth-order valence-electron chi connectivity index (χ4n) is 1.93. The maximum Gasteiger partial charge on any atom is 0.433 e. The number of rotatable bonds is 2. The summed E-state index contributed by atoms with van der Waals surface area (Å²) in [6.07, 6.45) is -5.27. The van der Waals surface area contributed by atoms with E-state index in [9.17, 15) is 23.1 Å². The second-order valence-corrected chi connectivity index (χ2v) is 4.25. The molecular weight excluding hydrogens is 263 g/mol. The van der Waals surface area contributed by atoms with Gasteiger partial charge in [0.05, 0.1) is 0 Å². The minimum Gasteiger partial charge on any atom is -0.530 e. The Bertz CT molecular complexity index is 478. The standard InChI is InChI=1S/C11H12F3N3O2/c12-11(13,14)8-2-1-3-9(16-8)15-7-4-5-17(6-7)10(18)19/h1-3,7H,4-6H2,(H,15,16)(H,18,19)/p-1. The highest BCUT2D eigenvalue weighted by molar-refractivity contribution is 5.63. The van der Waals surface area contributed by atoms with Gasteiger partial charge in [0.15, 0.2) is 0 Å². The number of alkyl halides is 3. The number of carbonyl (C=O) groups is 1. The maximum atomic E-state index is 12.5. The predicted molar refractivity (Wildman–Crippen MR) is 58.2 cm³/mol. The van der Waals surface area contributed by atoms with Gasteiger partial charge in [-0.15, -0.1) is 0 Å². The van der Waals surface area contributed by atoms with Gasteiger partial charge in [-0.25, -0.2) is 4.98 Å². The Morgan fingerprint density at radius 3 is 2.79 bits per heavy atom. The minimum atomic E-state index is -4.50. The number of carboxylic acid groups (broad SMARTS) is 1. The monoisotopic (exact) mass is 274 g/mol. The molecule has 1 saturated heterocycles. The molecule has 2 rings (SSSR count). The fraction of sp³-hybridized carbons (Fsp3) is 0.455. The second kappa shape index (κ2) is 4.94. The maximum absolute atomic E-state index is 12.5. The van der Waals surface area contributed by atoms with E-state index in [2.05, 4.69) is 10.3 Å². The molecule has 1 aliphatic rings. The lowest BCUT2D eigenvalue weighted by Crippen LogP contribution is -2.40. The van der Waals surface area contributed by atoms with E-state index in [1.807, 2.05) is 0 Å². The number of nitrogens with one attached hydrogen (secondary N) is 1. The molecule has 1 fully saturated rings. The summed E-state index contributed by atoms with van der Waals surface area (Å²) in [6.45, 7) is 0.485. The number of hydrogen-bond acceptors (Lipinski definition) is 4. The zero-order valence-electron chi connectivity index (χ0n) is 9.78. The number of anilines is 1. The van der Waals surface area contributed by atoms with Gasteiger partial charge in [0, 0.05) is 19.1 Å². The van der Waals surface area contributed by atoms with E-state index in [1.54, 1.807) is 0 Å². The molecule has 2 heterocycles. The van der Waals surface area contributed by atoms with Crippen LogP contribution in [0.1, 0.15) is 12.1 Å². The highest BCUT2D eigenvalue weighted by Gasteiger charge is 2.32. The van der Waals surface area contributed by atoms with Crippen LogP contribution >= 0.6 is 0 Å². The highest BCUT2D eigenvalue weighted by atomic mass is 19.4. The van der Waals surface area contributed by atoms with E-state index in [0.29, 0.717) is 13.0 Å². The van der Waals surface area contributed by atoms with Crippen LogP contribution in [0.5, 0.6) is 0 Å². The van der Waals surface area contributed by atoms with Crippen LogP contribution in [0.15, 0.2) is 18.2 Å². The van der Waals surface area contributed by atoms with Crippen LogP contribution in [0.2, 0.25) is 0 Å². The Kier molecular flexibility index (Phi) is 3.50.